The van der Waals surface area contributed by atoms with Crippen LogP contribution in [-0.2, 0) is 0 Å². The molecule has 0 radical (unpaired) electrons. The molecule has 98 valence electrons. The van der Waals surface area contributed by atoms with Gasteiger partial charge in [0.2, 0.25) is 0 Å². The third-order valence-electron chi connectivity index (χ3n) is 2.90. The summed E-state index contributed by atoms with van der Waals surface area (Å²) in [5.41, 5.74) is 0.192. The van der Waals surface area contributed by atoms with Gasteiger partial charge in [0, 0.05) is 19.3 Å². The molecule has 0 aliphatic carbocycles. The van der Waals surface area contributed by atoms with Crippen LogP contribution in [0.2, 0.25) is 0 Å². The molecule has 2 aromatic rings. The van der Waals surface area contributed by atoms with E-state index in [1.165, 1.54) is 12.3 Å². The standard InChI is InChI=1S/C11H12N6O2/c18-9-2-1-3-13-10(9)14-11(19)8-6-17(16-15-8)7-4-12-5-7/h1-3,6-7,12,18H,4-5H2,(H,13,14,19). The maximum Gasteiger partial charge on any atom is 0.279 e. The van der Waals surface area contributed by atoms with E-state index in [0.717, 1.165) is 13.1 Å². The minimum atomic E-state index is -0.451. The van der Waals surface area contributed by atoms with Crippen LogP contribution in [0.1, 0.15) is 16.5 Å². The molecular formula is C11H12N6O2. The summed E-state index contributed by atoms with van der Waals surface area (Å²) < 4.78 is 1.66. The summed E-state index contributed by atoms with van der Waals surface area (Å²) in [7, 11) is 0. The highest BCUT2D eigenvalue weighted by Crippen LogP contribution is 2.19. The van der Waals surface area contributed by atoms with Crippen LogP contribution in [-0.4, -0.2) is 44.1 Å². The zero-order chi connectivity index (χ0) is 13.2. The average molecular weight is 260 g/mol. The number of anilines is 1. The second kappa shape index (κ2) is 4.65. The molecule has 2 aromatic heterocycles. The van der Waals surface area contributed by atoms with Gasteiger partial charge in [0.1, 0.15) is 0 Å². The second-order valence-corrected chi connectivity index (χ2v) is 4.22. The molecule has 1 saturated heterocycles. The summed E-state index contributed by atoms with van der Waals surface area (Å²) in [6.07, 6.45) is 3.06. The van der Waals surface area contributed by atoms with Crippen LogP contribution in [0.4, 0.5) is 5.82 Å². The molecular weight excluding hydrogens is 248 g/mol. The Labute approximate surface area is 108 Å². The first-order valence-corrected chi connectivity index (χ1v) is 5.82. The minimum absolute atomic E-state index is 0.0913. The maximum atomic E-state index is 11.9. The molecule has 0 aromatic carbocycles. The summed E-state index contributed by atoms with van der Waals surface area (Å²) in [6, 6.07) is 3.27. The number of carbonyl (C=O) groups is 1. The third-order valence-corrected chi connectivity index (χ3v) is 2.90. The minimum Gasteiger partial charge on any atom is -0.504 e. The van der Waals surface area contributed by atoms with Gasteiger partial charge in [-0.3, -0.25) is 4.79 Å². The number of aromatic nitrogens is 4. The van der Waals surface area contributed by atoms with Gasteiger partial charge >= 0.3 is 0 Å². The van der Waals surface area contributed by atoms with E-state index in [9.17, 15) is 9.90 Å². The van der Waals surface area contributed by atoms with E-state index in [2.05, 4.69) is 25.9 Å². The number of hydrogen-bond acceptors (Lipinski definition) is 6. The molecule has 19 heavy (non-hydrogen) atoms. The Morgan fingerprint density at radius 1 is 1.53 bits per heavy atom. The molecule has 1 fully saturated rings. The van der Waals surface area contributed by atoms with Gasteiger partial charge in [0.25, 0.3) is 5.91 Å². The lowest BCUT2D eigenvalue weighted by Gasteiger charge is -2.26. The Morgan fingerprint density at radius 3 is 3.05 bits per heavy atom. The lowest BCUT2D eigenvalue weighted by molar-refractivity contribution is 0.102. The van der Waals surface area contributed by atoms with Crippen LogP contribution in [0.25, 0.3) is 0 Å². The summed E-state index contributed by atoms with van der Waals surface area (Å²) >= 11 is 0. The van der Waals surface area contributed by atoms with Crippen LogP contribution in [0.15, 0.2) is 24.5 Å². The second-order valence-electron chi connectivity index (χ2n) is 4.22. The van der Waals surface area contributed by atoms with Crippen LogP contribution >= 0.6 is 0 Å². The molecule has 0 bridgehead atoms. The molecule has 3 heterocycles. The van der Waals surface area contributed by atoms with Crippen molar-refractivity contribution in [2.45, 2.75) is 6.04 Å². The number of hydrogen-bond donors (Lipinski definition) is 3. The van der Waals surface area contributed by atoms with E-state index in [-0.39, 0.29) is 23.3 Å². The molecule has 0 spiro atoms. The van der Waals surface area contributed by atoms with E-state index in [4.69, 9.17) is 0 Å². The molecule has 1 amide bonds. The number of aromatic hydroxyl groups is 1. The molecule has 0 unspecified atom stereocenters. The van der Waals surface area contributed by atoms with Gasteiger partial charge in [0.15, 0.2) is 17.3 Å². The predicted molar refractivity (Wildman–Crippen MR) is 65.8 cm³/mol. The lowest BCUT2D eigenvalue weighted by atomic mass is 10.2. The molecule has 1 aliphatic heterocycles. The molecule has 3 rings (SSSR count). The van der Waals surface area contributed by atoms with Crippen molar-refractivity contribution in [3.8, 4) is 5.75 Å². The largest absolute Gasteiger partial charge is 0.504 e. The Kier molecular flexibility index (Phi) is 2.84. The topological polar surface area (TPSA) is 105 Å². The highest BCUT2D eigenvalue weighted by atomic mass is 16.3. The maximum absolute atomic E-state index is 11.9. The van der Waals surface area contributed by atoms with E-state index in [1.807, 2.05) is 0 Å². The number of amides is 1. The van der Waals surface area contributed by atoms with Crippen molar-refractivity contribution in [2.75, 3.05) is 18.4 Å². The van der Waals surface area contributed by atoms with E-state index < -0.39 is 5.91 Å². The van der Waals surface area contributed by atoms with Crippen LogP contribution < -0.4 is 10.6 Å². The number of rotatable bonds is 3. The number of carbonyl (C=O) groups excluding carboxylic acids is 1. The van der Waals surface area contributed by atoms with Crippen molar-refractivity contribution in [1.29, 1.82) is 0 Å². The number of pyridine rings is 1. The summed E-state index contributed by atoms with van der Waals surface area (Å²) in [5, 5.41) is 22.8. The molecule has 8 nitrogen and oxygen atoms in total. The Morgan fingerprint density at radius 2 is 2.37 bits per heavy atom. The monoisotopic (exact) mass is 260 g/mol. The smallest absolute Gasteiger partial charge is 0.279 e. The quantitative estimate of drug-likeness (QED) is 0.704. The molecule has 0 atom stereocenters. The van der Waals surface area contributed by atoms with Gasteiger partial charge in [-0.25, -0.2) is 9.67 Å². The number of nitrogens with zero attached hydrogens (tertiary/aromatic N) is 4. The Hall–Kier alpha value is -2.48. The van der Waals surface area contributed by atoms with Gasteiger partial charge in [-0.2, -0.15) is 0 Å². The first-order chi connectivity index (χ1) is 9.24. The van der Waals surface area contributed by atoms with Crippen molar-refractivity contribution in [2.24, 2.45) is 0 Å². The molecule has 8 heteroatoms. The predicted octanol–water partition coefficient (Wildman–Crippen LogP) is -0.225. The number of nitrogens with one attached hydrogen (secondary N) is 2. The third kappa shape index (κ3) is 2.25. The van der Waals surface area contributed by atoms with E-state index >= 15 is 0 Å². The van der Waals surface area contributed by atoms with Crippen LogP contribution in [0.5, 0.6) is 5.75 Å². The van der Waals surface area contributed by atoms with Gasteiger partial charge in [0.05, 0.1) is 12.2 Å². The summed E-state index contributed by atoms with van der Waals surface area (Å²) in [6.45, 7) is 1.65. The van der Waals surface area contributed by atoms with E-state index in [0.29, 0.717) is 0 Å². The van der Waals surface area contributed by atoms with Gasteiger partial charge in [-0.15, -0.1) is 5.10 Å². The Bertz CT molecular complexity index is 607. The van der Waals surface area contributed by atoms with Crippen molar-refractivity contribution in [3.05, 3.63) is 30.2 Å². The fourth-order valence-electron chi connectivity index (χ4n) is 1.68. The van der Waals surface area contributed by atoms with Crippen molar-refractivity contribution in [3.63, 3.8) is 0 Å². The van der Waals surface area contributed by atoms with Crippen molar-refractivity contribution in [1.82, 2.24) is 25.3 Å². The van der Waals surface area contributed by atoms with Gasteiger partial charge < -0.3 is 15.7 Å². The molecule has 1 aliphatic rings. The Balaban J connectivity index is 1.73. The first-order valence-electron chi connectivity index (χ1n) is 5.82. The zero-order valence-electron chi connectivity index (χ0n) is 9.95. The van der Waals surface area contributed by atoms with Crippen LogP contribution in [0.3, 0.4) is 0 Å². The van der Waals surface area contributed by atoms with Crippen LogP contribution in [0, 0.1) is 0 Å². The average Bonchev–Trinajstić information content (AvgIpc) is 2.79. The fourth-order valence-corrected chi connectivity index (χ4v) is 1.68. The van der Waals surface area contributed by atoms with Gasteiger partial charge in [-0.1, -0.05) is 5.21 Å². The molecule has 3 N–H and O–H groups in total. The van der Waals surface area contributed by atoms with Gasteiger partial charge in [-0.05, 0) is 12.1 Å². The molecule has 0 saturated carbocycles. The lowest BCUT2D eigenvalue weighted by Crippen LogP contribution is -2.43. The van der Waals surface area contributed by atoms with Crippen molar-refractivity contribution >= 4 is 11.7 Å². The summed E-state index contributed by atoms with van der Waals surface area (Å²) in [5.74, 6) is -0.439. The highest BCUT2D eigenvalue weighted by Gasteiger charge is 2.22. The highest BCUT2D eigenvalue weighted by molar-refractivity contribution is 6.02. The zero-order valence-corrected chi connectivity index (χ0v) is 9.95. The summed E-state index contributed by atoms with van der Waals surface area (Å²) in [4.78, 5) is 15.8. The van der Waals surface area contributed by atoms with E-state index in [1.54, 1.807) is 16.9 Å². The first kappa shape index (κ1) is 11.6. The fraction of sp³-hybridized carbons (Fsp3) is 0.273. The SMILES string of the molecule is O=C(Nc1ncccc1O)c1cn(C2CNC2)nn1. The normalized spacial score (nSPS) is 14.9. The van der Waals surface area contributed by atoms with Crippen molar-refractivity contribution < 1.29 is 9.90 Å².